The van der Waals surface area contributed by atoms with Crippen molar-refractivity contribution < 1.29 is 9.47 Å². The van der Waals surface area contributed by atoms with Crippen LogP contribution >= 0.6 is 0 Å². The number of nitrogens with one attached hydrogen (secondary N) is 1. The van der Waals surface area contributed by atoms with E-state index < -0.39 is 0 Å². The summed E-state index contributed by atoms with van der Waals surface area (Å²) in [4.78, 5) is 6.39. The molecule has 5 atom stereocenters. The molecule has 1 unspecified atom stereocenters. The number of fused-ring (bicyclic) bond motifs is 4. The molecular formula is C25H26N2O2. The van der Waals surface area contributed by atoms with Crippen LogP contribution in [0.5, 0.6) is 11.5 Å². The SMILES string of the molecule is COc1ccc2c3c1O[C@@H]1c4[nH]c5ccccc5c4C(C)[C@H]4[C@@H](C2)N(C)CC[C@]314. The number of aromatic amines is 1. The van der Waals surface area contributed by atoms with E-state index >= 15 is 0 Å². The Bertz CT molecular complexity index is 1180. The van der Waals surface area contributed by atoms with Gasteiger partial charge in [0, 0.05) is 27.9 Å². The summed E-state index contributed by atoms with van der Waals surface area (Å²) in [5, 5.41) is 1.36. The van der Waals surface area contributed by atoms with Gasteiger partial charge in [-0.15, -0.1) is 0 Å². The number of hydrogen-bond donors (Lipinski definition) is 1. The highest BCUT2D eigenvalue weighted by Crippen LogP contribution is 2.69. The number of nitrogens with zero attached hydrogens (tertiary/aromatic N) is 1. The van der Waals surface area contributed by atoms with Crippen molar-refractivity contribution >= 4 is 10.9 Å². The van der Waals surface area contributed by atoms with E-state index in [9.17, 15) is 0 Å². The summed E-state index contributed by atoms with van der Waals surface area (Å²) >= 11 is 0. The smallest absolute Gasteiger partial charge is 0.166 e. The maximum absolute atomic E-state index is 6.87. The maximum atomic E-state index is 6.87. The molecule has 0 amide bonds. The number of likely N-dealkylation sites (tertiary alicyclic amines) is 1. The van der Waals surface area contributed by atoms with Crippen molar-refractivity contribution in [3.05, 3.63) is 58.8 Å². The van der Waals surface area contributed by atoms with Crippen molar-refractivity contribution in [2.24, 2.45) is 5.92 Å². The first-order valence-electron chi connectivity index (χ1n) is 10.8. The molecule has 29 heavy (non-hydrogen) atoms. The molecule has 4 nitrogen and oxygen atoms in total. The van der Waals surface area contributed by atoms with Crippen LogP contribution < -0.4 is 9.47 Å². The Balaban J connectivity index is 1.59. The van der Waals surface area contributed by atoms with Crippen LogP contribution in [0.1, 0.15) is 47.8 Å². The van der Waals surface area contributed by atoms with Gasteiger partial charge in [-0.1, -0.05) is 31.2 Å². The average Bonchev–Trinajstić information content (AvgIpc) is 3.28. The van der Waals surface area contributed by atoms with Gasteiger partial charge in [0.05, 0.1) is 12.8 Å². The van der Waals surface area contributed by atoms with Crippen LogP contribution in [0.25, 0.3) is 10.9 Å². The highest BCUT2D eigenvalue weighted by molar-refractivity contribution is 5.86. The van der Waals surface area contributed by atoms with Crippen LogP contribution in [-0.4, -0.2) is 36.6 Å². The van der Waals surface area contributed by atoms with Crippen LogP contribution in [0.4, 0.5) is 0 Å². The molecule has 4 aliphatic rings. The molecular weight excluding hydrogens is 360 g/mol. The molecule has 3 aromatic rings. The van der Waals surface area contributed by atoms with E-state index in [0.29, 0.717) is 17.9 Å². The van der Waals surface area contributed by atoms with E-state index in [0.717, 1.165) is 30.9 Å². The molecule has 7 rings (SSSR count). The van der Waals surface area contributed by atoms with Crippen molar-refractivity contribution in [3.63, 3.8) is 0 Å². The van der Waals surface area contributed by atoms with E-state index in [1.807, 2.05) is 0 Å². The van der Waals surface area contributed by atoms with Crippen molar-refractivity contribution in [1.29, 1.82) is 0 Å². The number of aromatic nitrogens is 1. The molecule has 1 N–H and O–H groups in total. The monoisotopic (exact) mass is 386 g/mol. The van der Waals surface area contributed by atoms with Crippen molar-refractivity contribution in [3.8, 4) is 11.5 Å². The number of ether oxygens (including phenoxy) is 2. The third-order valence-corrected chi connectivity index (χ3v) is 8.51. The Morgan fingerprint density at radius 2 is 2.07 bits per heavy atom. The van der Waals surface area contributed by atoms with Gasteiger partial charge >= 0.3 is 0 Å². The van der Waals surface area contributed by atoms with E-state index in [4.69, 9.17) is 9.47 Å². The van der Waals surface area contributed by atoms with E-state index in [1.54, 1.807) is 7.11 Å². The molecule has 1 saturated heterocycles. The molecule has 2 bridgehead atoms. The lowest BCUT2D eigenvalue weighted by molar-refractivity contribution is -0.0369. The van der Waals surface area contributed by atoms with Crippen molar-refractivity contribution in [2.75, 3.05) is 20.7 Å². The average molecular weight is 386 g/mol. The van der Waals surface area contributed by atoms with Gasteiger partial charge in [0.1, 0.15) is 6.10 Å². The standard InChI is InChI=1S/C25H26N2O2/c1-13-19-15-6-4-5-7-16(15)26-22(19)24-25-10-11-27(2)17(20(13)25)12-14-8-9-18(28-3)23(29-24)21(14)25/h4-9,13,17,20,24,26H,10-12H2,1-3H3/t13?,17-,20+,24-,25+/m1/s1. The molecule has 4 heteroatoms. The van der Waals surface area contributed by atoms with Gasteiger partial charge in [0.25, 0.3) is 0 Å². The Morgan fingerprint density at radius 3 is 2.93 bits per heavy atom. The van der Waals surface area contributed by atoms with Crippen LogP contribution in [0.3, 0.4) is 0 Å². The third kappa shape index (κ3) is 1.69. The fourth-order valence-corrected chi connectivity index (χ4v) is 7.49. The first-order chi connectivity index (χ1) is 14.1. The normalized spacial score (nSPS) is 33.9. The lowest BCUT2D eigenvalue weighted by atomic mass is 9.49. The predicted octanol–water partition coefficient (Wildman–Crippen LogP) is 4.54. The van der Waals surface area contributed by atoms with Gasteiger partial charge in [0.15, 0.2) is 11.5 Å². The topological polar surface area (TPSA) is 37.5 Å². The molecule has 2 aliphatic heterocycles. The first-order valence-corrected chi connectivity index (χ1v) is 10.8. The van der Waals surface area contributed by atoms with Gasteiger partial charge in [0.2, 0.25) is 0 Å². The summed E-state index contributed by atoms with van der Waals surface area (Å²) < 4.78 is 12.6. The maximum Gasteiger partial charge on any atom is 0.166 e. The van der Waals surface area contributed by atoms with Crippen molar-refractivity contribution in [1.82, 2.24) is 9.88 Å². The Hall–Kier alpha value is -2.46. The summed E-state index contributed by atoms with van der Waals surface area (Å²) in [6.45, 7) is 3.58. The second-order valence-corrected chi connectivity index (χ2v) is 9.48. The Morgan fingerprint density at radius 1 is 1.21 bits per heavy atom. The molecule has 148 valence electrons. The molecule has 1 spiro atoms. The number of para-hydroxylation sites is 1. The summed E-state index contributed by atoms with van der Waals surface area (Å²) in [5.74, 6) is 2.92. The number of hydrogen-bond acceptors (Lipinski definition) is 3. The molecule has 1 fully saturated rings. The quantitative estimate of drug-likeness (QED) is 0.667. The lowest BCUT2D eigenvalue weighted by Gasteiger charge is -2.59. The highest BCUT2D eigenvalue weighted by Gasteiger charge is 2.66. The zero-order valence-electron chi connectivity index (χ0n) is 17.2. The molecule has 2 aromatic carbocycles. The van der Waals surface area contributed by atoms with Gasteiger partial charge in [-0.3, -0.25) is 0 Å². The summed E-state index contributed by atoms with van der Waals surface area (Å²) in [6.07, 6.45) is 2.29. The fraction of sp³-hybridized carbons (Fsp3) is 0.440. The summed E-state index contributed by atoms with van der Waals surface area (Å²) in [7, 11) is 4.07. The predicted molar refractivity (Wildman–Crippen MR) is 113 cm³/mol. The highest BCUT2D eigenvalue weighted by atomic mass is 16.5. The second-order valence-electron chi connectivity index (χ2n) is 9.48. The minimum Gasteiger partial charge on any atom is -0.493 e. The number of likely N-dealkylation sites (N-methyl/N-ethyl adjacent to an activating group) is 1. The number of methoxy groups -OCH3 is 1. The molecule has 1 aromatic heterocycles. The second kappa shape index (κ2) is 5.17. The number of rotatable bonds is 1. The van der Waals surface area contributed by atoms with E-state index in [1.165, 1.54) is 33.3 Å². The minimum atomic E-state index is 0.0436. The van der Waals surface area contributed by atoms with Gasteiger partial charge < -0.3 is 19.4 Å². The van der Waals surface area contributed by atoms with Crippen LogP contribution in [-0.2, 0) is 11.8 Å². The molecule has 2 aliphatic carbocycles. The van der Waals surface area contributed by atoms with Gasteiger partial charge in [-0.2, -0.15) is 0 Å². The van der Waals surface area contributed by atoms with Crippen LogP contribution in [0.15, 0.2) is 36.4 Å². The summed E-state index contributed by atoms with van der Waals surface area (Å²) in [5.41, 5.74) is 6.96. The van der Waals surface area contributed by atoms with Crippen LogP contribution in [0.2, 0.25) is 0 Å². The lowest BCUT2D eigenvalue weighted by Crippen LogP contribution is -2.62. The first kappa shape index (κ1) is 16.3. The zero-order valence-corrected chi connectivity index (χ0v) is 17.2. The fourth-order valence-electron chi connectivity index (χ4n) is 7.49. The zero-order chi connectivity index (χ0) is 19.5. The molecule has 3 heterocycles. The van der Waals surface area contributed by atoms with Crippen molar-refractivity contribution in [2.45, 2.75) is 43.2 Å². The largest absolute Gasteiger partial charge is 0.493 e. The molecule has 0 radical (unpaired) electrons. The Labute approximate surface area is 170 Å². The van der Waals surface area contributed by atoms with E-state index in [-0.39, 0.29) is 11.5 Å². The Kier molecular flexibility index (Phi) is 2.92. The summed E-state index contributed by atoms with van der Waals surface area (Å²) in [6, 6.07) is 13.7. The number of benzene rings is 2. The third-order valence-electron chi connectivity index (χ3n) is 8.51. The van der Waals surface area contributed by atoms with Gasteiger partial charge in [-0.25, -0.2) is 0 Å². The molecule has 0 saturated carbocycles. The minimum absolute atomic E-state index is 0.0436. The van der Waals surface area contributed by atoms with Gasteiger partial charge in [-0.05, 0) is 61.5 Å². The van der Waals surface area contributed by atoms with E-state index in [2.05, 4.69) is 60.3 Å². The van der Waals surface area contributed by atoms with Crippen LogP contribution in [0, 0.1) is 5.92 Å². The number of H-pyrrole nitrogens is 1. The number of piperidine rings is 1.